The number of carbonyl (C=O) groups excluding carboxylic acids is 1. The van der Waals surface area contributed by atoms with Crippen molar-refractivity contribution in [2.75, 3.05) is 6.54 Å². The van der Waals surface area contributed by atoms with Gasteiger partial charge >= 0.3 is 0 Å². The fourth-order valence-electron chi connectivity index (χ4n) is 1.28. The summed E-state index contributed by atoms with van der Waals surface area (Å²) < 4.78 is 0. The van der Waals surface area contributed by atoms with E-state index in [9.17, 15) is 4.79 Å². The quantitative estimate of drug-likeness (QED) is 0.807. The second kappa shape index (κ2) is 3.90. The van der Waals surface area contributed by atoms with Crippen LogP contribution in [0.5, 0.6) is 0 Å². The van der Waals surface area contributed by atoms with E-state index in [1.807, 2.05) is 0 Å². The average molecular weight is 225 g/mol. The normalized spacial score (nSPS) is 17.5. The van der Waals surface area contributed by atoms with E-state index in [1.54, 1.807) is 5.38 Å². The van der Waals surface area contributed by atoms with Crippen LogP contribution >= 0.6 is 11.3 Å². The van der Waals surface area contributed by atoms with Crippen LogP contribution in [0.1, 0.15) is 35.3 Å². The number of aromatic nitrogens is 1. The summed E-state index contributed by atoms with van der Waals surface area (Å²) in [5.41, 5.74) is 6.26. The molecule has 1 fully saturated rings. The second-order valence-corrected chi connectivity index (χ2v) is 5.27. The fourth-order valence-corrected chi connectivity index (χ4v) is 1.94. The molecular weight excluding hydrogens is 210 g/mol. The molecule has 2 rings (SSSR count). The lowest BCUT2D eigenvalue weighted by molar-refractivity contribution is 0.0941. The van der Waals surface area contributed by atoms with Crippen molar-refractivity contribution in [1.29, 1.82) is 0 Å². The van der Waals surface area contributed by atoms with E-state index in [-0.39, 0.29) is 5.91 Å². The lowest BCUT2D eigenvalue weighted by Crippen LogP contribution is -2.29. The van der Waals surface area contributed by atoms with Crippen molar-refractivity contribution in [2.45, 2.75) is 26.3 Å². The Kier molecular flexibility index (Phi) is 2.75. The van der Waals surface area contributed by atoms with Crippen LogP contribution in [0.3, 0.4) is 0 Å². The zero-order valence-electron chi connectivity index (χ0n) is 8.75. The third-order valence-corrected chi connectivity index (χ3v) is 3.61. The Morgan fingerprint density at radius 1 is 1.73 bits per heavy atom. The molecule has 1 aliphatic carbocycles. The number of hydrogen-bond donors (Lipinski definition) is 2. The van der Waals surface area contributed by atoms with Crippen molar-refractivity contribution in [2.24, 2.45) is 11.1 Å². The van der Waals surface area contributed by atoms with Crippen molar-refractivity contribution < 1.29 is 4.79 Å². The molecule has 0 bridgehead atoms. The highest BCUT2D eigenvalue weighted by Gasteiger charge is 2.37. The highest BCUT2D eigenvalue weighted by Crippen LogP contribution is 2.44. The Morgan fingerprint density at radius 3 is 3.00 bits per heavy atom. The van der Waals surface area contributed by atoms with Gasteiger partial charge in [0.05, 0.1) is 0 Å². The number of nitrogens with zero attached hydrogens (tertiary/aromatic N) is 1. The topological polar surface area (TPSA) is 68.0 Å². The van der Waals surface area contributed by atoms with Crippen LogP contribution in [-0.4, -0.2) is 17.4 Å². The average Bonchev–Trinajstić information content (AvgIpc) is 2.81. The smallest absolute Gasteiger partial charge is 0.270 e. The number of nitrogens with two attached hydrogens (primary N) is 1. The molecule has 1 aromatic rings. The minimum atomic E-state index is -0.0842. The molecule has 0 saturated heterocycles. The maximum Gasteiger partial charge on any atom is 0.270 e. The van der Waals surface area contributed by atoms with E-state index in [0.717, 1.165) is 11.6 Å². The van der Waals surface area contributed by atoms with Crippen LogP contribution in [0.15, 0.2) is 5.38 Å². The maximum absolute atomic E-state index is 11.6. The molecule has 0 atom stereocenters. The summed E-state index contributed by atoms with van der Waals surface area (Å²) in [5, 5.41) is 5.46. The van der Waals surface area contributed by atoms with Crippen LogP contribution in [0.25, 0.3) is 0 Å². The predicted octanol–water partition coefficient (Wildman–Crippen LogP) is 1.13. The molecule has 1 aromatic heterocycles. The maximum atomic E-state index is 11.6. The summed E-state index contributed by atoms with van der Waals surface area (Å²) in [6, 6.07) is 0. The molecule has 82 valence electrons. The number of hydrogen-bond acceptors (Lipinski definition) is 4. The van der Waals surface area contributed by atoms with Gasteiger partial charge in [0.15, 0.2) is 0 Å². The molecular formula is C10H15N3OS. The third kappa shape index (κ3) is 2.54. The van der Waals surface area contributed by atoms with Crippen LogP contribution in [-0.2, 0) is 6.54 Å². The Bertz CT molecular complexity index is 370. The van der Waals surface area contributed by atoms with Crippen molar-refractivity contribution in [1.82, 2.24) is 10.3 Å². The number of nitrogens with one attached hydrogen (secondary N) is 1. The third-order valence-electron chi connectivity index (χ3n) is 2.74. The van der Waals surface area contributed by atoms with Crippen molar-refractivity contribution >= 4 is 17.2 Å². The zero-order chi connectivity index (χ0) is 10.9. The van der Waals surface area contributed by atoms with Gasteiger partial charge in [-0.2, -0.15) is 0 Å². The minimum Gasteiger partial charge on any atom is -0.350 e. The highest BCUT2D eigenvalue weighted by molar-refractivity contribution is 7.09. The number of thiazole rings is 1. The van der Waals surface area contributed by atoms with E-state index in [4.69, 9.17) is 5.73 Å². The van der Waals surface area contributed by atoms with E-state index < -0.39 is 0 Å². The molecule has 15 heavy (non-hydrogen) atoms. The van der Waals surface area contributed by atoms with Gasteiger partial charge in [0.25, 0.3) is 5.91 Å². The summed E-state index contributed by atoms with van der Waals surface area (Å²) in [7, 11) is 0. The molecule has 4 nitrogen and oxygen atoms in total. The SMILES string of the molecule is CC1(CNC(=O)c2csc(CN)n2)CC1. The Labute approximate surface area is 92.9 Å². The van der Waals surface area contributed by atoms with Crippen LogP contribution < -0.4 is 11.1 Å². The lowest BCUT2D eigenvalue weighted by Gasteiger charge is -2.08. The molecule has 0 radical (unpaired) electrons. The molecule has 0 aliphatic heterocycles. The first-order valence-corrected chi connectivity index (χ1v) is 5.94. The Hall–Kier alpha value is -0.940. The van der Waals surface area contributed by atoms with Crippen LogP contribution in [0.4, 0.5) is 0 Å². The van der Waals surface area contributed by atoms with Gasteiger partial charge in [0, 0.05) is 18.5 Å². The van der Waals surface area contributed by atoms with Crippen molar-refractivity contribution in [3.05, 3.63) is 16.1 Å². The molecule has 1 saturated carbocycles. The van der Waals surface area contributed by atoms with E-state index in [1.165, 1.54) is 24.2 Å². The molecule has 3 N–H and O–H groups in total. The number of amides is 1. The summed E-state index contributed by atoms with van der Waals surface area (Å²) in [5.74, 6) is -0.0842. The monoisotopic (exact) mass is 225 g/mol. The minimum absolute atomic E-state index is 0.0842. The molecule has 0 unspecified atom stereocenters. The van der Waals surface area contributed by atoms with Gasteiger partial charge in [0.1, 0.15) is 10.7 Å². The van der Waals surface area contributed by atoms with Crippen LogP contribution in [0.2, 0.25) is 0 Å². The van der Waals surface area contributed by atoms with Gasteiger partial charge < -0.3 is 11.1 Å². The van der Waals surface area contributed by atoms with Crippen LogP contribution in [0, 0.1) is 5.41 Å². The summed E-state index contributed by atoms with van der Waals surface area (Å²) >= 11 is 1.43. The molecule has 0 aromatic carbocycles. The number of rotatable bonds is 4. The standard InChI is InChI=1S/C10H15N3OS/c1-10(2-3-10)6-12-9(14)7-5-15-8(4-11)13-7/h5H,2-4,6,11H2,1H3,(H,12,14). The first kappa shape index (κ1) is 10.6. The number of carbonyl (C=O) groups is 1. The second-order valence-electron chi connectivity index (χ2n) is 4.32. The zero-order valence-corrected chi connectivity index (χ0v) is 9.56. The molecule has 0 spiro atoms. The molecule has 1 amide bonds. The first-order valence-electron chi connectivity index (χ1n) is 5.06. The predicted molar refractivity (Wildman–Crippen MR) is 59.7 cm³/mol. The molecule has 5 heteroatoms. The van der Waals surface area contributed by atoms with Crippen molar-refractivity contribution in [3.63, 3.8) is 0 Å². The molecule has 1 heterocycles. The summed E-state index contributed by atoms with van der Waals surface area (Å²) in [4.78, 5) is 15.8. The van der Waals surface area contributed by atoms with Gasteiger partial charge in [-0.3, -0.25) is 4.79 Å². The van der Waals surface area contributed by atoms with Gasteiger partial charge in [-0.05, 0) is 18.3 Å². The van der Waals surface area contributed by atoms with Crippen molar-refractivity contribution in [3.8, 4) is 0 Å². The summed E-state index contributed by atoms with van der Waals surface area (Å²) in [6.07, 6.45) is 2.41. The van der Waals surface area contributed by atoms with E-state index in [0.29, 0.717) is 17.7 Å². The largest absolute Gasteiger partial charge is 0.350 e. The Balaban J connectivity index is 1.89. The molecule has 1 aliphatic rings. The summed E-state index contributed by atoms with van der Waals surface area (Å²) in [6.45, 7) is 3.33. The highest BCUT2D eigenvalue weighted by atomic mass is 32.1. The van der Waals surface area contributed by atoms with E-state index >= 15 is 0 Å². The van der Waals surface area contributed by atoms with Gasteiger partial charge in [-0.1, -0.05) is 6.92 Å². The fraction of sp³-hybridized carbons (Fsp3) is 0.600. The van der Waals surface area contributed by atoms with Gasteiger partial charge in [0.2, 0.25) is 0 Å². The Morgan fingerprint density at radius 2 is 2.47 bits per heavy atom. The van der Waals surface area contributed by atoms with Gasteiger partial charge in [-0.15, -0.1) is 11.3 Å². The van der Waals surface area contributed by atoms with E-state index in [2.05, 4.69) is 17.2 Å². The first-order chi connectivity index (χ1) is 7.13. The lowest BCUT2D eigenvalue weighted by atomic mass is 10.1. The van der Waals surface area contributed by atoms with Gasteiger partial charge in [-0.25, -0.2) is 4.98 Å².